The highest BCUT2D eigenvalue weighted by Crippen LogP contribution is 2.15. The van der Waals surface area contributed by atoms with Gasteiger partial charge < -0.3 is 10.1 Å². The van der Waals surface area contributed by atoms with Gasteiger partial charge in [-0.15, -0.1) is 0 Å². The third-order valence-corrected chi connectivity index (χ3v) is 2.75. The third kappa shape index (κ3) is 3.95. The molecule has 0 spiro atoms. The van der Waals surface area contributed by atoms with Crippen LogP contribution in [-0.2, 0) is 13.0 Å². The van der Waals surface area contributed by atoms with Gasteiger partial charge in [-0.25, -0.2) is 4.98 Å². The summed E-state index contributed by atoms with van der Waals surface area (Å²) in [6.45, 7) is 2.85. The fourth-order valence-electron chi connectivity index (χ4n) is 1.79. The molecular formula is C15H19N3O. The summed E-state index contributed by atoms with van der Waals surface area (Å²) in [6.07, 6.45) is 1.88. The standard InChI is InChI=1S/C15H19N3O/c1-3-7-13-17-14(10-15(18-13)19-2)16-11-12-8-5-4-6-9-12/h4-6,8-10H,3,7,11H2,1-2H3,(H,16,17,18). The Kier molecular flexibility index (Phi) is 4.72. The first kappa shape index (κ1) is 13.3. The van der Waals surface area contributed by atoms with Gasteiger partial charge in [0.1, 0.15) is 11.6 Å². The summed E-state index contributed by atoms with van der Waals surface area (Å²) in [5.74, 6) is 2.23. The quantitative estimate of drug-likeness (QED) is 0.864. The molecule has 0 amide bonds. The Bertz CT molecular complexity index is 514. The van der Waals surface area contributed by atoms with Crippen LogP contribution in [-0.4, -0.2) is 17.1 Å². The van der Waals surface area contributed by atoms with Crippen LogP contribution in [0.25, 0.3) is 0 Å². The minimum atomic E-state index is 0.606. The molecule has 1 aromatic carbocycles. The van der Waals surface area contributed by atoms with E-state index in [-0.39, 0.29) is 0 Å². The molecule has 0 unspecified atom stereocenters. The van der Waals surface area contributed by atoms with Gasteiger partial charge in [-0.2, -0.15) is 4.98 Å². The highest BCUT2D eigenvalue weighted by atomic mass is 16.5. The van der Waals surface area contributed by atoms with Gasteiger partial charge in [0.2, 0.25) is 5.88 Å². The zero-order chi connectivity index (χ0) is 13.5. The van der Waals surface area contributed by atoms with Crippen LogP contribution in [0.5, 0.6) is 5.88 Å². The number of methoxy groups -OCH3 is 1. The van der Waals surface area contributed by atoms with E-state index in [9.17, 15) is 0 Å². The van der Waals surface area contributed by atoms with Crippen molar-refractivity contribution in [2.45, 2.75) is 26.3 Å². The number of aryl methyl sites for hydroxylation is 1. The summed E-state index contributed by atoms with van der Waals surface area (Å²) in [4.78, 5) is 8.81. The third-order valence-electron chi connectivity index (χ3n) is 2.75. The number of nitrogens with one attached hydrogen (secondary N) is 1. The normalized spacial score (nSPS) is 10.2. The monoisotopic (exact) mass is 257 g/mol. The van der Waals surface area contributed by atoms with E-state index < -0.39 is 0 Å². The number of hydrogen-bond donors (Lipinski definition) is 1. The molecule has 0 aliphatic heterocycles. The largest absolute Gasteiger partial charge is 0.481 e. The van der Waals surface area contributed by atoms with Gasteiger partial charge in [0.15, 0.2) is 0 Å². The molecule has 19 heavy (non-hydrogen) atoms. The van der Waals surface area contributed by atoms with Crippen molar-refractivity contribution in [1.29, 1.82) is 0 Å². The molecule has 2 rings (SSSR count). The van der Waals surface area contributed by atoms with Crippen LogP contribution >= 0.6 is 0 Å². The van der Waals surface area contributed by atoms with Gasteiger partial charge >= 0.3 is 0 Å². The average molecular weight is 257 g/mol. The molecule has 0 atom stereocenters. The van der Waals surface area contributed by atoms with Crippen LogP contribution in [0.3, 0.4) is 0 Å². The van der Waals surface area contributed by atoms with Crippen molar-refractivity contribution in [2.24, 2.45) is 0 Å². The predicted molar refractivity (Wildman–Crippen MR) is 76.3 cm³/mol. The first-order valence-electron chi connectivity index (χ1n) is 6.51. The second-order valence-electron chi connectivity index (χ2n) is 4.30. The highest BCUT2D eigenvalue weighted by molar-refractivity contribution is 5.39. The summed E-state index contributed by atoms with van der Waals surface area (Å²) in [6, 6.07) is 12.1. The molecule has 1 N–H and O–H groups in total. The lowest BCUT2D eigenvalue weighted by molar-refractivity contribution is 0.395. The van der Waals surface area contributed by atoms with Crippen LogP contribution in [0.4, 0.5) is 5.82 Å². The minimum Gasteiger partial charge on any atom is -0.481 e. The first-order chi connectivity index (χ1) is 9.31. The van der Waals surface area contributed by atoms with Gasteiger partial charge in [-0.3, -0.25) is 0 Å². The van der Waals surface area contributed by atoms with E-state index in [4.69, 9.17) is 4.74 Å². The van der Waals surface area contributed by atoms with Crippen molar-refractivity contribution in [3.63, 3.8) is 0 Å². The average Bonchev–Trinajstić information content (AvgIpc) is 2.46. The maximum Gasteiger partial charge on any atom is 0.218 e. The molecule has 4 heteroatoms. The van der Waals surface area contributed by atoms with Crippen molar-refractivity contribution >= 4 is 5.82 Å². The van der Waals surface area contributed by atoms with Gasteiger partial charge in [0, 0.05) is 19.0 Å². The fraction of sp³-hybridized carbons (Fsp3) is 0.333. The van der Waals surface area contributed by atoms with E-state index in [1.54, 1.807) is 7.11 Å². The number of benzene rings is 1. The summed E-state index contributed by atoms with van der Waals surface area (Å²) in [7, 11) is 1.62. The molecule has 0 fully saturated rings. The molecule has 0 saturated carbocycles. The SMILES string of the molecule is CCCc1nc(NCc2ccccc2)cc(OC)n1. The van der Waals surface area contributed by atoms with Crippen molar-refractivity contribution in [3.8, 4) is 5.88 Å². The fourth-order valence-corrected chi connectivity index (χ4v) is 1.79. The van der Waals surface area contributed by atoms with Crippen LogP contribution in [0.1, 0.15) is 24.7 Å². The maximum absolute atomic E-state index is 5.20. The van der Waals surface area contributed by atoms with Crippen molar-refractivity contribution < 1.29 is 4.74 Å². The Morgan fingerprint density at radius 3 is 2.63 bits per heavy atom. The van der Waals surface area contributed by atoms with Crippen LogP contribution in [0, 0.1) is 0 Å². The second kappa shape index (κ2) is 6.73. The van der Waals surface area contributed by atoms with E-state index >= 15 is 0 Å². The van der Waals surface area contributed by atoms with Gasteiger partial charge in [0.05, 0.1) is 7.11 Å². The van der Waals surface area contributed by atoms with Gasteiger partial charge in [-0.1, -0.05) is 37.3 Å². The van der Waals surface area contributed by atoms with Crippen LogP contribution in [0.15, 0.2) is 36.4 Å². The van der Waals surface area contributed by atoms with Crippen molar-refractivity contribution in [2.75, 3.05) is 12.4 Å². The lowest BCUT2D eigenvalue weighted by Gasteiger charge is -2.09. The van der Waals surface area contributed by atoms with Crippen molar-refractivity contribution in [1.82, 2.24) is 9.97 Å². The van der Waals surface area contributed by atoms with Gasteiger partial charge in [0.25, 0.3) is 0 Å². The predicted octanol–water partition coefficient (Wildman–Crippen LogP) is 3.05. The van der Waals surface area contributed by atoms with Crippen LogP contribution in [0.2, 0.25) is 0 Å². The second-order valence-corrected chi connectivity index (χ2v) is 4.30. The molecule has 1 heterocycles. The Labute approximate surface area is 113 Å². The molecule has 4 nitrogen and oxygen atoms in total. The molecule has 100 valence electrons. The molecule has 1 aromatic heterocycles. The molecular weight excluding hydrogens is 238 g/mol. The van der Waals surface area contributed by atoms with E-state index in [0.717, 1.165) is 31.0 Å². The zero-order valence-electron chi connectivity index (χ0n) is 11.4. The lowest BCUT2D eigenvalue weighted by atomic mass is 10.2. The van der Waals surface area contributed by atoms with E-state index in [0.29, 0.717) is 5.88 Å². The topological polar surface area (TPSA) is 47.0 Å². The molecule has 0 radical (unpaired) electrons. The molecule has 2 aromatic rings. The Hall–Kier alpha value is -2.10. The molecule has 0 aliphatic rings. The summed E-state index contributed by atoms with van der Waals surface area (Å²) in [5.41, 5.74) is 1.22. The summed E-state index contributed by atoms with van der Waals surface area (Å²) < 4.78 is 5.20. The summed E-state index contributed by atoms with van der Waals surface area (Å²) in [5, 5.41) is 3.30. The number of anilines is 1. The van der Waals surface area contributed by atoms with E-state index in [1.807, 2.05) is 24.3 Å². The first-order valence-corrected chi connectivity index (χ1v) is 6.51. The lowest BCUT2D eigenvalue weighted by Crippen LogP contribution is -2.05. The zero-order valence-corrected chi connectivity index (χ0v) is 11.4. The highest BCUT2D eigenvalue weighted by Gasteiger charge is 2.04. The Morgan fingerprint density at radius 2 is 1.95 bits per heavy atom. The molecule has 0 bridgehead atoms. The number of rotatable bonds is 6. The molecule has 0 aliphatic carbocycles. The number of nitrogens with zero attached hydrogens (tertiary/aromatic N) is 2. The van der Waals surface area contributed by atoms with E-state index in [1.165, 1.54) is 5.56 Å². The van der Waals surface area contributed by atoms with Crippen molar-refractivity contribution in [3.05, 3.63) is 47.8 Å². The number of hydrogen-bond acceptors (Lipinski definition) is 4. The maximum atomic E-state index is 5.20. The molecule has 0 saturated heterocycles. The Balaban J connectivity index is 2.08. The van der Waals surface area contributed by atoms with Gasteiger partial charge in [-0.05, 0) is 12.0 Å². The summed E-state index contributed by atoms with van der Waals surface area (Å²) >= 11 is 0. The smallest absolute Gasteiger partial charge is 0.218 e. The Morgan fingerprint density at radius 1 is 1.16 bits per heavy atom. The van der Waals surface area contributed by atoms with Crippen LogP contribution < -0.4 is 10.1 Å². The minimum absolute atomic E-state index is 0.606. The number of ether oxygens (including phenoxy) is 1. The number of aromatic nitrogens is 2. The van der Waals surface area contributed by atoms with E-state index in [2.05, 4.69) is 34.3 Å².